The van der Waals surface area contributed by atoms with Crippen molar-refractivity contribution in [2.45, 2.75) is 44.8 Å². The minimum absolute atomic E-state index is 0.00101. The summed E-state index contributed by atoms with van der Waals surface area (Å²) in [6.45, 7) is 0.456. The van der Waals surface area contributed by atoms with Crippen LogP contribution < -0.4 is 5.32 Å². The molecule has 0 aromatic heterocycles. The molecule has 174 valence electrons. The van der Waals surface area contributed by atoms with Gasteiger partial charge in [0.2, 0.25) is 0 Å². The third-order valence-corrected chi connectivity index (χ3v) is 3.50. The fourth-order valence-corrected chi connectivity index (χ4v) is 2.03. The highest BCUT2D eigenvalue weighted by Crippen LogP contribution is 2.09. The Balaban J connectivity index is 3.91. The summed E-state index contributed by atoms with van der Waals surface area (Å²) in [4.78, 5) is 52.1. The summed E-state index contributed by atoms with van der Waals surface area (Å²) >= 11 is 0. The molecule has 2 unspecified atom stereocenters. The summed E-state index contributed by atoms with van der Waals surface area (Å²) in [7, 11) is 0. The van der Waals surface area contributed by atoms with Gasteiger partial charge in [-0.15, -0.1) is 20.2 Å². The number of hydrogen-bond donors (Lipinski definition) is 2. The van der Waals surface area contributed by atoms with Crippen molar-refractivity contribution < 1.29 is 48.8 Å². The van der Waals surface area contributed by atoms with E-state index in [2.05, 4.69) is 15.0 Å². The maximum atomic E-state index is 11.9. The van der Waals surface area contributed by atoms with Crippen LogP contribution in [-0.4, -0.2) is 79.1 Å². The van der Waals surface area contributed by atoms with Gasteiger partial charge < -0.3 is 34.3 Å². The van der Waals surface area contributed by atoms with Gasteiger partial charge in [0.15, 0.2) is 6.04 Å². The second-order valence-corrected chi connectivity index (χ2v) is 5.71. The summed E-state index contributed by atoms with van der Waals surface area (Å²) in [6.07, 6.45) is 0.316. The maximum Gasteiger partial charge on any atom is 0.408 e. The van der Waals surface area contributed by atoms with Crippen LogP contribution in [0.1, 0.15) is 32.6 Å². The SMILES string of the molecule is CCC(CCCCOC(=O)C(CO)NC(=O)OCCOCCO[N+](=O)[O-])O[N+](=O)[O-]. The van der Waals surface area contributed by atoms with Gasteiger partial charge >= 0.3 is 12.1 Å². The molecule has 0 aliphatic rings. The first-order valence-electron chi connectivity index (χ1n) is 9.17. The summed E-state index contributed by atoms with van der Waals surface area (Å²) in [5.41, 5.74) is 0. The van der Waals surface area contributed by atoms with Gasteiger partial charge in [-0.25, -0.2) is 9.59 Å². The molecule has 0 radical (unpaired) electrons. The highest BCUT2D eigenvalue weighted by molar-refractivity contribution is 5.81. The normalized spacial score (nSPS) is 12.3. The van der Waals surface area contributed by atoms with E-state index in [0.29, 0.717) is 25.7 Å². The summed E-state index contributed by atoms with van der Waals surface area (Å²) in [5, 5.41) is 29.7. The van der Waals surface area contributed by atoms with Crippen LogP contribution in [0.3, 0.4) is 0 Å². The fraction of sp³-hybridized carbons (Fsp3) is 0.867. The van der Waals surface area contributed by atoms with Crippen LogP contribution in [0.2, 0.25) is 0 Å². The lowest BCUT2D eigenvalue weighted by atomic mass is 10.1. The Kier molecular flexibility index (Phi) is 15.3. The molecule has 0 saturated heterocycles. The molecule has 0 aliphatic carbocycles. The van der Waals surface area contributed by atoms with Gasteiger partial charge in [-0.2, -0.15) is 0 Å². The van der Waals surface area contributed by atoms with Gasteiger partial charge in [-0.05, 0) is 25.7 Å². The van der Waals surface area contributed by atoms with Gasteiger partial charge in [-0.3, -0.25) is 0 Å². The first-order chi connectivity index (χ1) is 14.3. The number of aliphatic hydroxyl groups excluding tert-OH is 1. The second kappa shape index (κ2) is 17.0. The van der Waals surface area contributed by atoms with Crippen molar-refractivity contribution in [3.05, 3.63) is 20.2 Å². The topological polar surface area (TPSA) is 199 Å². The van der Waals surface area contributed by atoms with Crippen LogP contribution in [-0.2, 0) is 28.7 Å². The molecule has 0 aromatic rings. The zero-order chi connectivity index (χ0) is 22.8. The molecule has 0 fully saturated rings. The maximum absolute atomic E-state index is 11.9. The number of esters is 1. The van der Waals surface area contributed by atoms with Gasteiger partial charge in [-0.1, -0.05) is 6.92 Å². The van der Waals surface area contributed by atoms with E-state index in [1.54, 1.807) is 6.92 Å². The van der Waals surface area contributed by atoms with E-state index in [9.17, 15) is 34.9 Å². The van der Waals surface area contributed by atoms with Crippen molar-refractivity contribution in [3.8, 4) is 0 Å². The average molecular weight is 441 g/mol. The minimum atomic E-state index is -1.33. The predicted octanol–water partition coefficient (Wildman–Crippen LogP) is -0.00120. The number of aliphatic hydroxyl groups is 1. The Bertz CT molecular complexity index is 533. The minimum Gasteiger partial charge on any atom is -0.464 e. The zero-order valence-electron chi connectivity index (χ0n) is 16.6. The standard InChI is InChI=1S/C15H27N3O12/c1-2-12(30-18(24)25)5-3-4-6-27-14(20)13(11-19)16-15(21)28-9-7-26-8-10-29-17(22)23/h12-13,19H,2-11H2,1H3,(H,16,21). The van der Waals surface area contributed by atoms with Gasteiger partial charge in [0.1, 0.15) is 19.3 Å². The van der Waals surface area contributed by atoms with Crippen LogP contribution in [0.15, 0.2) is 0 Å². The lowest BCUT2D eigenvalue weighted by molar-refractivity contribution is -0.768. The lowest BCUT2D eigenvalue weighted by Gasteiger charge is -2.16. The van der Waals surface area contributed by atoms with E-state index in [1.807, 2.05) is 0 Å². The zero-order valence-corrected chi connectivity index (χ0v) is 16.6. The quantitative estimate of drug-likeness (QED) is 0.125. The average Bonchev–Trinajstić information content (AvgIpc) is 2.69. The second-order valence-electron chi connectivity index (χ2n) is 5.71. The molecule has 15 heteroatoms. The Morgan fingerprint density at radius 3 is 2.30 bits per heavy atom. The summed E-state index contributed by atoms with van der Waals surface area (Å²) in [6, 6.07) is -1.33. The molecular formula is C15H27N3O12. The molecule has 30 heavy (non-hydrogen) atoms. The molecule has 0 rings (SSSR count). The van der Waals surface area contributed by atoms with E-state index >= 15 is 0 Å². The van der Waals surface area contributed by atoms with Crippen LogP contribution in [0.4, 0.5) is 4.79 Å². The molecule has 0 aliphatic heterocycles. The van der Waals surface area contributed by atoms with Crippen molar-refractivity contribution >= 4 is 12.1 Å². The van der Waals surface area contributed by atoms with Gasteiger partial charge in [0.25, 0.3) is 10.2 Å². The Morgan fingerprint density at radius 2 is 1.70 bits per heavy atom. The third kappa shape index (κ3) is 15.0. The number of amides is 1. The molecule has 0 aromatic carbocycles. The molecular weight excluding hydrogens is 414 g/mol. The van der Waals surface area contributed by atoms with Gasteiger partial charge in [0.05, 0.1) is 26.4 Å². The van der Waals surface area contributed by atoms with Crippen LogP contribution in [0.5, 0.6) is 0 Å². The number of unbranched alkanes of at least 4 members (excludes halogenated alkanes) is 1. The largest absolute Gasteiger partial charge is 0.464 e. The number of nitrogens with one attached hydrogen (secondary N) is 1. The number of alkyl carbamates (subject to hydrolysis) is 1. The molecule has 15 nitrogen and oxygen atoms in total. The first kappa shape index (κ1) is 27.1. The number of nitrogens with zero attached hydrogens (tertiary/aromatic N) is 2. The monoisotopic (exact) mass is 441 g/mol. The first-order valence-corrected chi connectivity index (χ1v) is 9.17. The van der Waals surface area contributed by atoms with E-state index in [-0.39, 0.29) is 33.0 Å². The van der Waals surface area contributed by atoms with Crippen molar-refractivity contribution in [2.75, 3.05) is 39.6 Å². The van der Waals surface area contributed by atoms with Crippen molar-refractivity contribution in [2.24, 2.45) is 0 Å². The number of ether oxygens (including phenoxy) is 3. The Hall–Kier alpha value is -2.94. The van der Waals surface area contributed by atoms with Crippen molar-refractivity contribution in [3.63, 3.8) is 0 Å². The molecule has 1 amide bonds. The smallest absolute Gasteiger partial charge is 0.408 e. The molecule has 0 saturated carbocycles. The molecule has 0 heterocycles. The predicted molar refractivity (Wildman–Crippen MR) is 96.1 cm³/mol. The lowest BCUT2D eigenvalue weighted by Crippen LogP contribution is -2.44. The van der Waals surface area contributed by atoms with E-state index in [0.717, 1.165) is 0 Å². The van der Waals surface area contributed by atoms with Crippen molar-refractivity contribution in [1.29, 1.82) is 0 Å². The molecule has 2 N–H and O–H groups in total. The number of carbonyl (C=O) groups is 2. The van der Waals surface area contributed by atoms with Crippen molar-refractivity contribution in [1.82, 2.24) is 5.32 Å². The third-order valence-electron chi connectivity index (χ3n) is 3.50. The van der Waals surface area contributed by atoms with E-state index in [4.69, 9.17) is 14.2 Å². The fourth-order valence-electron chi connectivity index (χ4n) is 2.03. The number of hydrogen-bond acceptors (Lipinski definition) is 12. The highest BCUT2D eigenvalue weighted by atomic mass is 17.0. The summed E-state index contributed by atoms with van der Waals surface area (Å²) < 4.78 is 14.6. The molecule has 2 atom stereocenters. The van der Waals surface area contributed by atoms with Crippen LogP contribution in [0, 0.1) is 20.2 Å². The molecule has 0 bridgehead atoms. The van der Waals surface area contributed by atoms with Crippen LogP contribution in [0.25, 0.3) is 0 Å². The number of carbonyl (C=O) groups excluding carboxylic acids is 2. The van der Waals surface area contributed by atoms with E-state index < -0.39 is 41.0 Å². The summed E-state index contributed by atoms with van der Waals surface area (Å²) in [5.74, 6) is -0.865. The molecule has 0 spiro atoms. The van der Waals surface area contributed by atoms with Crippen LogP contribution >= 0.6 is 0 Å². The Labute approximate surface area is 171 Å². The Morgan fingerprint density at radius 1 is 1.00 bits per heavy atom. The van der Waals surface area contributed by atoms with E-state index in [1.165, 1.54) is 0 Å². The highest BCUT2D eigenvalue weighted by Gasteiger charge is 2.22. The van der Waals surface area contributed by atoms with Gasteiger partial charge in [0, 0.05) is 0 Å². The number of rotatable bonds is 18.